The molecule has 0 radical (unpaired) electrons. The Kier molecular flexibility index (Phi) is 28.1. The van der Waals surface area contributed by atoms with E-state index in [1.807, 2.05) is 0 Å². The lowest BCUT2D eigenvalue weighted by molar-refractivity contribution is -0.151. The summed E-state index contributed by atoms with van der Waals surface area (Å²) in [5.41, 5.74) is 3.94. The predicted octanol–water partition coefficient (Wildman–Crippen LogP) is 18.2. The first kappa shape index (κ1) is 61.7. The molecule has 1 saturated heterocycles. The normalized spacial score (nSPS) is 26.5. The van der Waals surface area contributed by atoms with Gasteiger partial charge in [0, 0.05) is 25.7 Å². The zero-order valence-corrected chi connectivity index (χ0v) is 49.0. The first-order chi connectivity index (χ1) is 35.2. The van der Waals surface area contributed by atoms with Crippen molar-refractivity contribution in [2.24, 2.45) is 46.3 Å². The summed E-state index contributed by atoms with van der Waals surface area (Å²) in [5.74, 6) is 4.38. The minimum absolute atomic E-state index is 0.000853. The molecule has 0 bridgehead atoms. The molecule has 7 heteroatoms. The second-order valence-electron chi connectivity index (χ2n) is 26.1. The number of carbonyl (C=O) groups is 3. The van der Waals surface area contributed by atoms with Gasteiger partial charge >= 0.3 is 17.9 Å². The SMILES string of the molecule is CCCCCCCCC(CCCCCC)OC(=O)CCCCCCC(CCCCCCC(=O)OC1CCC2(C)C(=CC=C3C2CCC2(C)C3CCC2C(C)CCCC(C)C)C1)OC(=O)CCC1CCN(C)CC1. The Morgan fingerprint density at radius 2 is 1.12 bits per heavy atom. The highest BCUT2D eigenvalue weighted by Gasteiger charge is 2.57. The number of unbranched alkanes of at least 4 members (excludes halogenated alkanes) is 14. The van der Waals surface area contributed by atoms with E-state index >= 15 is 0 Å². The molecule has 4 aliphatic carbocycles. The van der Waals surface area contributed by atoms with E-state index in [0.717, 1.165) is 152 Å². The largest absolute Gasteiger partial charge is 0.462 e. The second kappa shape index (κ2) is 33.2. The van der Waals surface area contributed by atoms with Crippen molar-refractivity contribution in [2.75, 3.05) is 20.1 Å². The number of rotatable bonds is 37. The van der Waals surface area contributed by atoms with Gasteiger partial charge in [0.05, 0.1) is 0 Å². The number of ether oxygens (including phenoxy) is 3. The van der Waals surface area contributed by atoms with E-state index in [1.54, 1.807) is 5.57 Å². The van der Waals surface area contributed by atoms with Crippen molar-refractivity contribution >= 4 is 17.9 Å². The third-order valence-electron chi connectivity index (χ3n) is 19.8. The summed E-state index contributed by atoms with van der Waals surface area (Å²) >= 11 is 0. The molecule has 5 rings (SSSR count). The number of carbonyl (C=O) groups excluding carboxylic acids is 3. The van der Waals surface area contributed by atoms with Crippen molar-refractivity contribution in [3.63, 3.8) is 0 Å². The number of likely N-dealkylation sites (tertiary alicyclic amines) is 1. The van der Waals surface area contributed by atoms with E-state index in [9.17, 15) is 14.4 Å². The second-order valence-corrected chi connectivity index (χ2v) is 26.1. The third kappa shape index (κ3) is 20.6. The fraction of sp³-hybridized carbons (Fsp3) is 0.894. The number of hydrogen-bond acceptors (Lipinski definition) is 7. The van der Waals surface area contributed by atoms with Crippen LogP contribution in [0.1, 0.15) is 292 Å². The molecule has 7 nitrogen and oxygen atoms in total. The summed E-state index contributed by atoms with van der Waals surface area (Å²) in [7, 11) is 2.19. The molecule has 0 aromatic carbocycles. The van der Waals surface area contributed by atoms with Crippen LogP contribution in [-0.2, 0) is 28.6 Å². The first-order valence-corrected chi connectivity index (χ1v) is 31.9. The molecule has 5 aliphatic rings. The Bertz CT molecular complexity index is 1640. The topological polar surface area (TPSA) is 82.1 Å². The van der Waals surface area contributed by atoms with E-state index in [2.05, 4.69) is 72.6 Å². The van der Waals surface area contributed by atoms with E-state index in [0.29, 0.717) is 36.5 Å². The number of fused-ring (bicyclic) bond motifs is 5. The van der Waals surface area contributed by atoms with Crippen LogP contribution in [0, 0.1) is 46.3 Å². The van der Waals surface area contributed by atoms with Gasteiger partial charge in [0.2, 0.25) is 0 Å². The van der Waals surface area contributed by atoms with Crippen LogP contribution < -0.4 is 0 Å². The van der Waals surface area contributed by atoms with Gasteiger partial charge in [-0.05, 0) is 188 Å². The molecular formula is C66H115NO6. The average Bonchev–Trinajstić information content (AvgIpc) is 3.73. The van der Waals surface area contributed by atoms with Crippen LogP contribution in [0.4, 0.5) is 0 Å². The lowest BCUT2D eigenvalue weighted by atomic mass is 9.50. The minimum atomic E-state index is -0.0614. The van der Waals surface area contributed by atoms with Gasteiger partial charge in [-0.15, -0.1) is 0 Å². The minimum Gasteiger partial charge on any atom is -0.462 e. The standard InChI is InChI=1S/C66H115NO6/c1-9-11-13-15-16-22-31-55(30-21-14-12-10-2)71-62(68)34-25-19-17-23-32-56(72-64(70)41-36-53-44-48-67(8)49-45-53)33-24-18-20-26-35-63(69)73-57-42-46-65(6)54(50-57)37-38-58-60-40-39-59(52(5)29-27-28-51(3)4)66(60,7)47-43-61(58)65/h37-38,51-53,55-57,59-61H,9-36,39-50H2,1-8H3. The van der Waals surface area contributed by atoms with Crippen molar-refractivity contribution < 1.29 is 28.6 Å². The number of piperidine rings is 1. The molecule has 9 atom stereocenters. The van der Waals surface area contributed by atoms with Gasteiger partial charge in [0.25, 0.3) is 0 Å². The number of nitrogens with zero attached hydrogens (tertiary/aromatic N) is 1. The van der Waals surface area contributed by atoms with Crippen LogP contribution >= 0.6 is 0 Å². The Hall–Kier alpha value is -2.15. The van der Waals surface area contributed by atoms with Crippen LogP contribution in [-0.4, -0.2) is 61.3 Å². The lowest BCUT2D eigenvalue weighted by Crippen LogP contribution is -2.46. The lowest BCUT2D eigenvalue weighted by Gasteiger charge is -2.55. The third-order valence-corrected chi connectivity index (χ3v) is 19.8. The molecule has 420 valence electrons. The molecule has 1 heterocycles. The van der Waals surface area contributed by atoms with Crippen molar-refractivity contribution in [3.8, 4) is 0 Å². The molecule has 0 aromatic rings. The number of hydrogen-bond donors (Lipinski definition) is 0. The maximum atomic E-state index is 13.2. The number of esters is 3. The Labute approximate surface area is 450 Å². The highest BCUT2D eigenvalue weighted by molar-refractivity contribution is 5.70. The highest BCUT2D eigenvalue weighted by Crippen LogP contribution is 2.66. The molecule has 9 unspecified atom stereocenters. The monoisotopic (exact) mass is 1020 g/mol. The van der Waals surface area contributed by atoms with Crippen molar-refractivity contribution in [1.82, 2.24) is 4.90 Å². The average molecular weight is 1020 g/mol. The molecule has 0 amide bonds. The molecule has 0 spiro atoms. The Balaban J connectivity index is 0.999. The van der Waals surface area contributed by atoms with E-state index < -0.39 is 0 Å². The van der Waals surface area contributed by atoms with Gasteiger partial charge in [-0.3, -0.25) is 14.4 Å². The van der Waals surface area contributed by atoms with E-state index in [4.69, 9.17) is 14.2 Å². The summed E-state index contributed by atoms with van der Waals surface area (Å²) in [6.07, 6.45) is 46.3. The van der Waals surface area contributed by atoms with Gasteiger partial charge in [-0.25, -0.2) is 0 Å². The summed E-state index contributed by atoms with van der Waals surface area (Å²) in [5, 5.41) is 0. The van der Waals surface area contributed by atoms with Crippen molar-refractivity contribution in [3.05, 3.63) is 23.3 Å². The van der Waals surface area contributed by atoms with Crippen molar-refractivity contribution in [2.45, 2.75) is 311 Å². The van der Waals surface area contributed by atoms with Crippen molar-refractivity contribution in [1.29, 1.82) is 0 Å². The van der Waals surface area contributed by atoms with E-state index in [1.165, 1.54) is 115 Å². The molecular weight excluding hydrogens is 903 g/mol. The highest BCUT2D eigenvalue weighted by atomic mass is 16.6. The van der Waals surface area contributed by atoms with Crippen LogP contribution in [0.15, 0.2) is 23.3 Å². The quantitative estimate of drug-likeness (QED) is 0.0348. The van der Waals surface area contributed by atoms with Gasteiger partial charge < -0.3 is 19.1 Å². The van der Waals surface area contributed by atoms with E-state index in [-0.39, 0.29) is 41.6 Å². The predicted molar refractivity (Wildman–Crippen MR) is 304 cm³/mol. The summed E-state index contributed by atoms with van der Waals surface area (Å²) in [4.78, 5) is 41.8. The molecule has 0 aromatic heterocycles. The Morgan fingerprint density at radius 3 is 1.73 bits per heavy atom. The fourth-order valence-corrected chi connectivity index (χ4v) is 15.0. The first-order valence-electron chi connectivity index (χ1n) is 31.9. The van der Waals surface area contributed by atoms with Crippen LogP contribution in [0.5, 0.6) is 0 Å². The number of allylic oxidation sites excluding steroid dienone is 3. The summed E-state index contributed by atoms with van der Waals surface area (Å²) < 4.78 is 18.5. The van der Waals surface area contributed by atoms with Crippen LogP contribution in [0.25, 0.3) is 0 Å². The van der Waals surface area contributed by atoms with Gasteiger partial charge in [-0.1, -0.05) is 168 Å². The molecule has 1 aliphatic heterocycles. The van der Waals surface area contributed by atoms with Crippen LogP contribution in [0.3, 0.4) is 0 Å². The molecule has 3 saturated carbocycles. The van der Waals surface area contributed by atoms with Gasteiger partial charge in [0.1, 0.15) is 18.3 Å². The maximum absolute atomic E-state index is 13.2. The summed E-state index contributed by atoms with van der Waals surface area (Å²) in [6, 6.07) is 0. The van der Waals surface area contributed by atoms with Gasteiger partial charge in [0.15, 0.2) is 0 Å². The van der Waals surface area contributed by atoms with Gasteiger partial charge in [-0.2, -0.15) is 0 Å². The zero-order chi connectivity index (χ0) is 52.5. The maximum Gasteiger partial charge on any atom is 0.306 e. The smallest absolute Gasteiger partial charge is 0.306 e. The Morgan fingerprint density at radius 1 is 0.575 bits per heavy atom. The summed E-state index contributed by atoms with van der Waals surface area (Å²) in [6.45, 7) is 19.2. The molecule has 4 fully saturated rings. The zero-order valence-electron chi connectivity index (χ0n) is 49.0. The molecule has 0 N–H and O–H groups in total. The fourth-order valence-electron chi connectivity index (χ4n) is 15.0. The van der Waals surface area contributed by atoms with Crippen LogP contribution in [0.2, 0.25) is 0 Å². The molecule has 73 heavy (non-hydrogen) atoms.